The molecule has 0 fully saturated rings. The van der Waals surface area contributed by atoms with Crippen molar-refractivity contribution in [2.24, 2.45) is 0 Å². The van der Waals surface area contributed by atoms with E-state index < -0.39 is 39.8 Å². The highest BCUT2D eigenvalue weighted by Gasteiger charge is 2.30. The third-order valence-electron chi connectivity index (χ3n) is 6.77. The van der Waals surface area contributed by atoms with E-state index in [0.29, 0.717) is 22.8 Å². The molecule has 0 radical (unpaired) electrons. The predicted octanol–water partition coefficient (Wildman–Crippen LogP) is 5.02. The maximum absolute atomic E-state index is 15.0. The Morgan fingerprint density at radius 1 is 0.977 bits per heavy atom. The molecule has 9 nitrogen and oxygen atoms in total. The fraction of sp³-hybridized carbons (Fsp3) is 0.172. The smallest absolute Gasteiger partial charge is 0.392 e. The lowest BCUT2D eigenvalue weighted by atomic mass is 10.0. The molecular formula is C29H23F4N5O4S. The molecule has 3 aromatic carbocycles. The predicted molar refractivity (Wildman–Crippen MR) is 147 cm³/mol. The number of imidazole rings is 1. The number of aryl methyl sites for hydroxylation is 2. The van der Waals surface area contributed by atoms with Gasteiger partial charge in [0.05, 0.1) is 40.3 Å². The van der Waals surface area contributed by atoms with Crippen LogP contribution in [0.2, 0.25) is 0 Å². The number of carbonyl (C=O) groups excluding carboxylic acids is 1. The van der Waals surface area contributed by atoms with Crippen LogP contribution in [0, 0.1) is 19.7 Å². The number of ketones is 1. The average molecular weight is 614 g/mol. The number of aromatic nitrogens is 5. The van der Waals surface area contributed by atoms with Crippen molar-refractivity contribution in [1.82, 2.24) is 24.5 Å². The van der Waals surface area contributed by atoms with Crippen LogP contribution in [0.15, 0.2) is 71.9 Å². The third kappa shape index (κ3) is 5.70. The van der Waals surface area contributed by atoms with Crippen molar-refractivity contribution in [3.63, 3.8) is 0 Å². The number of aliphatic hydroxyl groups is 1. The molecule has 0 atom stereocenters. The van der Waals surface area contributed by atoms with Gasteiger partial charge in [-0.3, -0.25) is 4.79 Å². The number of halogens is 4. The lowest BCUT2D eigenvalue weighted by Crippen LogP contribution is -2.13. The first kappa shape index (κ1) is 29.8. The molecule has 5 rings (SSSR count). The Morgan fingerprint density at radius 3 is 2.26 bits per heavy atom. The first-order chi connectivity index (χ1) is 20.2. The molecule has 222 valence electrons. The number of alkyl halides is 3. The minimum atomic E-state index is -4.58. The van der Waals surface area contributed by atoms with Gasteiger partial charge in [-0.05, 0) is 61.4 Å². The second-order valence-electron chi connectivity index (χ2n) is 9.80. The standard InChI is InChI=1S/C29H23F4N5O4S/c1-16-14-37(17(2)35-16)24-9-6-19(20-10-23(30)22(15-39)27(12-20)43(3,41)42)11-25(24)38-26(13-34-36-38)28(40)18-4-7-21(8-5-18)29(31,32)33/h4-14,39H,15H2,1-3H3. The number of carbonyl (C=O) groups is 1. The molecule has 2 aromatic heterocycles. The number of nitrogens with zero attached hydrogens (tertiary/aromatic N) is 5. The Morgan fingerprint density at radius 2 is 1.67 bits per heavy atom. The number of rotatable bonds is 7. The SMILES string of the molecule is Cc1cn(-c2ccc(-c3cc(F)c(CO)c(S(C)(=O)=O)c3)cc2-n2nncc2C(=O)c2ccc(C(F)(F)F)cc2)c(C)n1. The van der Waals surface area contributed by atoms with Crippen molar-refractivity contribution in [1.29, 1.82) is 0 Å². The minimum absolute atomic E-state index is 0.0385. The molecule has 0 aliphatic carbocycles. The Kier molecular flexibility index (Phi) is 7.52. The number of benzene rings is 3. The highest BCUT2D eigenvalue weighted by atomic mass is 32.2. The van der Waals surface area contributed by atoms with E-state index in [0.717, 1.165) is 36.6 Å². The van der Waals surface area contributed by atoms with Crippen LogP contribution >= 0.6 is 0 Å². The lowest BCUT2D eigenvalue weighted by Gasteiger charge is -2.16. The largest absolute Gasteiger partial charge is 0.416 e. The van der Waals surface area contributed by atoms with Crippen molar-refractivity contribution >= 4 is 15.6 Å². The van der Waals surface area contributed by atoms with Crippen LogP contribution < -0.4 is 0 Å². The van der Waals surface area contributed by atoms with Crippen molar-refractivity contribution in [2.75, 3.05) is 6.26 Å². The normalized spacial score (nSPS) is 12.1. The molecule has 43 heavy (non-hydrogen) atoms. The molecular weight excluding hydrogens is 590 g/mol. The van der Waals surface area contributed by atoms with Gasteiger partial charge in [0.25, 0.3) is 0 Å². The van der Waals surface area contributed by atoms with Crippen LogP contribution in [0.3, 0.4) is 0 Å². The van der Waals surface area contributed by atoms with Gasteiger partial charge in [-0.2, -0.15) is 13.2 Å². The Bertz CT molecular complexity index is 1980. The molecule has 5 aromatic rings. The summed E-state index contributed by atoms with van der Waals surface area (Å²) < 4.78 is 81.9. The first-order valence-electron chi connectivity index (χ1n) is 12.6. The van der Waals surface area contributed by atoms with Gasteiger partial charge in [0.1, 0.15) is 17.3 Å². The molecule has 14 heteroatoms. The molecule has 0 bridgehead atoms. The number of aliphatic hydroxyl groups excluding tert-OH is 1. The molecule has 0 unspecified atom stereocenters. The summed E-state index contributed by atoms with van der Waals surface area (Å²) in [4.78, 5) is 17.5. The van der Waals surface area contributed by atoms with E-state index in [9.17, 15) is 35.9 Å². The van der Waals surface area contributed by atoms with Gasteiger partial charge in [-0.1, -0.05) is 23.4 Å². The average Bonchev–Trinajstić information content (AvgIpc) is 3.56. The van der Waals surface area contributed by atoms with Crippen molar-refractivity contribution < 1.29 is 35.9 Å². The number of hydrogen-bond donors (Lipinski definition) is 1. The Labute approximate surface area is 243 Å². The molecule has 0 saturated heterocycles. The van der Waals surface area contributed by atoms with E-state index in [-0.39, 0.29) is 33.0 Å². The monoisotopic (exact) mass is 613 g/mol. The minimum Gasteiger partial charge on any atom is -0.392 e. The zero-order valence-electron chi connectivity index (χ0n) is 22.9. The van der Waals surface area contributed by atoms with E-state index in [2.05, 4.69) is 15.3 Å². The number of sulfone groups is 1. The molecule has 0 amide bonds. The van der Waals surface area contributed by atoms with Crippen LogP contribution in [0.25, 0.3) is 22.5 Å². The van der Waals surface area contributed by atoms with Crippen LogP contribution in [0.4, 0.5) is 17.6 Å². The maximum atomic E-state index is 15.0. The molecule has 0 aliphatic heterocycles. The first-order valence-corrected chi connectivity index (χ1v) is 14.5. The molecule has 0 saturated carbocycles. The summed E-state index contributed by atoms with van der Waals surface area (Å²) in [6.07, 6.45) is -0.773. The summed E-state index contributed by atoms with van der Waals surface area (Å²) in [5.74, 6) is -1.00. The zero-order chi connectivity index (χ0) is 31.3. The summed E-state index contributed by atoms with van der Waals surface area (Å²) >= 11 is 0. The van der Waals surface area contributed by atoms with Gasteiger partial charge < -0.3 is 9.67 Å². The van der Waals surface area contributed by atoms with Crippen LogP contribution in [0.5, 0.6) is 0 Å². The van der Waals surface area contributed by atoms with E-state index in [1.807, 2.05) is 0 Å². The fourth-order valence-electron chi connectivity index (χ4n) is 4.73. The quantitative estimate of drug-likeness (QED) is 0.202. The van der Waals surface area contributed by atoms with Gasteiger partial charge in [0, 0.05) is 23.6 Å². The van der Waals surface area contributed by atoms with Crippen molar-refractivity contribution in [3.8, 4) is 22.5 Å². The van der Waals surface area contributed by atoms with E-state index in [4.69, 9.17) is 0 Å². The van der Waals surface area contributed by atoms with E-state index >= 15 is 0 Å². The zero-order valence-corrected chi connectivity index (χ0v) is 23.7. The lowest BCUT2D eigenvalue weighted by molar-refractivity contribution is -0.137. The van der Waals surface area contributed by atoms with Crippen LogP contribution in [-0.4, -0.2) is 50.1 Å². The van der Waals surface area contributed by atoms with E-state index in [1.54, 1.807) is 42.8 Å². The second kappa shape index (κ2) is 10.9. The van der Waals surface area contributed by atoms with Crippen molar-refractivity contribution in [3.05, 3.63) is 107 Å². The maximum Gasteiger partial charge on any atom is 0.416 e. The van der Waals surface area contributed by atoms with Gasteiger partial charge >= 0.3 is 6.18 Å². The highest BCUT2D eigenvalue weighted by Crippen LogP contribution is 2.33. The summed E-state index contributed by atoms with van der Waals surface area (Å²) in [7, 11) is -3.92. The second-order valence-corrected chi connectivity index (χ2v) is 11.8. The molecule has 2 heterocycles. The van der Waals surface area contributed by atoms with Crippen LogP contribution in [0.1, 0.15) is 38.7 Å². The van der Waals surface area contributed by atoms with E-state index in [1.165, 1.54) is 16.9 Å². The van der Waals surface area contributed by atoms with Crippen molar-refractivity contribution in [2.45, 2.75) is 31.5 Å². The summed E-state index contributed by atoms with van der Waals surface area (Å²) in [6, 6.07) is 10.8. The van der Waals surface area contributed by atoms with Gasteiger partial charge in [-0.15, -0.1) is 5.10 Å². The Hall–Kier alpha value is -4.69. The van der Waals surface area contributed by atoms with Gasteiger partial charge in [0.15, 0.2) is 9.84 Å². The van der Waals surface area contributed by atoms with Gasteiger partial charge in [0.2, 0.25) is 5.78 Å². The summed E-state index contributed by atoms with van der Waals surface area (Å²) in [5, 5.41) is 17.5. The van der Waals surface area contributed by atoms with Gasteiger partial charge in [-0.25, -0.2) is 22.5 Å². The summed E-state index contributed by atoms with van der Waals surface area (Å²) in [6.45, 7) is 2.71. The molecule has 0 spiro atoms. The molecule has 1 N–H and O–H groups in total. The number of hydrogen-bond acceptors (Lipinski definition) is 7. The van der Waals surface area contributed by atoms with Crippen LogP contribution in [-0.2, 0) is 22.6 Å². The topological polar surface area (TPSA) is 120 Å². The third-order valence-corrected chi connectivity index (χ3v) is 7.93. The fourth-order valence-corrected chi connectivity index (χ4v) is 5.68. The molecule has 0 aliphatic rings. The Balaban J connectivity index is 1.70. The summed E-state index contributed by atoms with van der Waals surface area (Å²) in [5.41, 5.74) is 0.532. The highest BCUT2D eigenvalue weighted by molar-refractivity contribution is 7.90.